The van der Waals surface area contributed by atoms with Crippen LogP contribution < -0.4 is 5.32 Å². The smallest absolute Gasteiger partial charge is 0.263 e. The van der Waals surface area contributed by atoms with Gasteiger partial charge < -0.3 is 10.2 Å². The Hall–Kier alpha value is -0.940. The van der Waals surface area contributed by atoms with Crippen molar-refractivity contribution in [2.24, 2.45) is 0 Å². The average Bonchev–Trinajstić information content (AvgIpc) is 2.52. The molecule has 0 spiro atoms. The third kappa shape index (κ3) is 3.90. The van der Waals surface area contributed by atoms with Gasteiger partial charge in [0, 0.05) is 6.54 Å². The second-order valence-corrected chi connectivity index (χ2v) is 5.26. The van der Waals surface area contributed by atoms with E-state index in [-0.39, 0.29) is 5.91 Å². The molecule has 0 saturated heterocycles. The zero-order chi connectivity index (χ0) is 12.1. The molecule has 1 aromatic rings. The number of nitrogens with one attached hydrogen (secondary N) is 1. The number of aromatic nitrogens is 1. The van der Waals surface area contributed by atoms with Gasteiger partial charge in [-0.3, -0.25) is 4.79 Å². The molecule has 4 nitrogen and oxygen atoms in total. The van der Waals surface area contributed by atoms with Crippen LogP contribution >= 0.6 is 11.3 Å². The minimum Gasteiger partial charge on any atom is -0.351 e. The van der Waals surface area contributed by atoms with Gasteiger partial charge in [0.25, 0.3) is 5.91 Å². The van der Waals surface area contributed by atoms with E-state index < -0.39 is 0 Å². The first-order chi connectivity index (χ1) is 7.50. The molecule has 0 bridgehead atoms. The van der Waals surface area contributed by atoms with Gasteiger partial charge in [-0.2, -0.15) is 0 Å². The fraction of sp³-hybridized carbons (Fsp3) is 0.636. The molecule has 0 aliphatic rings. The molecule has 1 aromatic heterocycles. The molecule has 0 atom stereocenters. The Morgan fingerprint density at radius 1 is 1.44 bits per heavy atom. The first-order valence-electron chi connectivity index (χ1n) is 5.37. The zero-order valence-electron chi connectivity index (χ0n) is 10.3. The van der Waals surface area contributed by atoms with E-state index in [1.165, 1.54) is 11.3 Å². The Bertz CT molecular complexity index is 360. The van der Waals surface area contributed by atoms with Gasteiger partial charge in [0.1, 0.15) is 4.88 Å². The van der Waals surface area contributed by atoms with Crippen molar-refractivity contribution in [2.45, 2.75) is 20.3 Å². The summed E-state index contributed by atoms with van der Waals surface area (Å²) in [4.78, 5) is 18.9. The standard InChI is InChI=1S/C11H19N3OS/c1-8-10(16-9(2)13-8)11(15)12-6-5-7-14(3)4/h5-7H2,1-4H3,(H,12,15). The summed E-state index contributed by atoms with van der Waals surface area (Å²) >= 11 is 1.45. The van der Waals surface area contributed by atoms with Crippen LogP contribution in [0.4, 0.5) is 0 Å². The third-order valence-electron chi connectivity index (χ3n) is 2.18. The van der Waals surface area contributed by atoms with E-state index in [0.717, 1.165) is 28.5 Å². The molecule has 1 N–H and O–H groups in total. The summed E-state index contributed by atoms with van der Waals surface area (Å²) < 4.78 is 0. The number of hydrogen-bond acceptors (Lipinski definition) is 4. The van der Waals surface area contributed by atoms with Crippen molar-refractivity contribution in [3.05, 3.63) is 15.6 Å². The average molecular weight is 241 g/mol. The molecule has 1 heterocycles. The maximum Gasteiger partial charge on any atom is 0.263 e. The van der Waals surface area contributed by atoms with Crippen LogP contribution in [0.3, 0.4) is 0 Å². The fourth-order valence-electron chi connectivity index (χ4n) is 1.42. The Morgan fingerprint density at radius 2 is 2.12 bits per heavy atom. The minimum atomic E-state index is 0.00172. The lowest BCUT2D eigenvalue weighted by Gasteiger charge is -2.09. The van der Waals surface area contributed by atoms with Crippen molar-refractivity contribution >= 4 is 17.2 Å². The molecule has 0 aromatic carbocycles. The largest absolute Gasteiger partial charge is 0.351 e. The fourth-order valence-corrected chi connectivity index (χ4v) is 2.26. The van der Waals surface area contributed by atoms with Crippen molar-refractivity contribution in [1.82, 2.24) is 15.2 Å². The Kier molecular flexibility index (Phi) is 4.89. The van der Waals surface area contributed by atoms with Gasteiger partial charge in [0.05, 0.1) is 10.7 Å². The maximum atomic E-state index is 11.8. The number of carbonyl (C=O) groups is 1. The van der Waals surface area contributed by atoms with Crippen LogP contribution in [0, 0.1) is 13.8 Å². The lowest BCUT2D eigenvalue weighted by atomic mass is 10.3. The summed E-state index contributed by atoms with van der Waals surface area (Å²) in [6.45, 7) is 5.49. The Balaban J connectivity index is 2.38. The monoisotopic (exact) mass is 241 g/mol. The third-order valence-corrected chi connectivity index (χ3v) is 3.25. The lowest BCUT2D eigenvalue weighted by molar-refractivity contribution is 0.0955. The van der Waals surface area contributed by atoms with E-state index in [9.17, 15) is 4.79 Å². The second kappa shape index (κ2) is 5.96. The molecule has 16 heavy (non-hydrogen) atoms. The second-order valence-electron chi connectivity index (χ2n) is 4.06. The molecule has 1 rings (SSSR count). The Morgan fingerprint density at radius 3 is 2.62 bits per heavy atom. The van der Waals surface area contributed by atoms with Gasteiger partial charge in [-0.1, -0.05) is 0 Å². The summed E-state index contributed by atoms with van der Waals surface area (Å²) in [6.07, 6.45) is 0.968. The van der Waals surface area contributed by atoms with Crippen LogP contribution in [0.15, 0.2) is 0 Å². The molecule has 0 aliphatic heterocycles. The highest BCUT2D eigenvalue weighted by atomic mass is 32.1. The van der Waals surface area contributed by atoms with Crippen LogP contribution in [0.1, 0.15) is 26.8 Å². The number of carbonyl (C=O) groups excluding carboxylic acids is 1. The SMILES string of the molecule is Cc1nc(C)c(C(=O)NCCCN(C)C)s1. The molecule has 0 radical (unpaired) electrons. The summed E-state index contributed by atoms with van der Waals surface area (Å²) in [6, 6.07) is 0. The van der Waals surface area contributed by atoms with Gasteiger partial charge in [-0.15, -0.1) is 11.3 Å². The summed E-state index contributed by atoms with van der Waals surface area (Å²) in [5, 5.41) is 3.85. The first-order valence-corrected chi connectivity index (χ1v) is 6.19. The molecular weight excluding hydrogens is 222 g/mol. The minimum absolute atomic E-state index is 0.00172. The van der Waals surface area contributed by atoms with Crippen LogP contribution in [0.2, 0.25) is 0 Å². The van der Waals surface area contributed by atoms with E-state index in [4.69, 9.17) is 0 Å². The van der Waals surface area contributed by atoms with Crippen molar-refractivity contribution in [3.8, 4) is 0 Å². The van der Waals surface area contributed by atoms with E-state index >= 15 is 0 Å². The molecular formula is C11H19N3OS. The zero-order valence-corrected chi connectivity index (χ0v) is 11.1. The predicted molar refractivity (Wildman–Crippen MR) is 67.1 cm³/mol. The normalized spacial score (nSPS) is 10.8. The van der Waals surface area contributed by atoms with Crippen LogP contribution in [-0.4, -0.2) is 43.0 Å². The number of hydrogen-bond donors (Lipinski definition) is 1. The molecule has 0 unspecified atom stereocenters. The number of aryl methyl sites for hydroxylation is 2. The first kappa shape index (κ1) is 13.1. The van der Waals surface area contributed by atoms with Crippen LogP contribution in [0.25, 0.3) is 0 Å². The molecule has 1 amide bonds. The van der Waals surface area contributed by atoms with Crippen LogP contribution in [-0.2, 0) is 0 Å². The summed E-state index contributed by atoms with van der Waals surface area (Å²) in [5.74, 6) is 0.00172. The number of thiazole rings is 1. The number of rotatable bonds is 5. The van der Waals surface area contributed by atoms with Crippen molar-refractivity contribution in [2.75, 3.05) is 27.2 Å². The predicted octanol–water partition coefficient (Wildman–Crippen LogP) is 1.44. The van der Waals surface area contributed by atoms with Crippen molar-refractivity contribution in [1.29, 1.82) is 0 Å². The van der Waals surface area contributed by atoms with Crippen LogP contribution in [0.5, 0.6) is 0 Å². The van der Waals surface area contributed by atoms with E-state index in [0.29, 0.717) is 6.54 Å². The van der Waals surface area contributed by atoms with E-state index in [1.54, 1.807) is 0 Å². The molecule has 0 fully saturated rings. The molecule has 0 aliphatic carbocycles. The van der Waals surface area contributed by atoms with Gasteiger partial charge in [0.15, 0.2) is 0 Å². The Labute approximate surface area is 101 Å². The van der Waals surface area contributed by atoms with Gasteiger partial charge in [0.2, 0.25) is 0 Å². The lowest BCUT2D eigenvalue weighted by Crippen LogP contribution is -2.26. The summed E-state index contributed by atoms with van der Waals surface area (Å²) in [5.41, 5.74) is 0.826. The van der Waals surface area contributed by atoms with E-state index in [2.05, 4.69) is 15.2 Å². The highest BCUT2D eigenvalue weighted by Gasteiger charge is 2.12. The quantitative estimate of drug-likeness (QED) is 0.793. The van der Waals surface area contributed by atoms with Gasteiger partial charge in [-0.25, -0.2) is 4.98 Å². The maximum absolute atomic E-state index is 11.8. The number of nitrogens with zero attached hydrogens (tertiary/aromatic N) is 2. The highest BCUT2D eigenvalue weighted by Crippen LogP contribution is 2.16. The molecule has 5 heteroatoms. The number of amides is 1. The van der Waals surface area contributed by atoms with Gasteiger partial charge in [-0.05, 0) is 40.9 Å². The molecule has 90 valence electrons. The molecule has 0 saturated carbocycles. The van der Waals surface area contributed by atoms with Crippen molar-refractivity contribution in [3.63, 3.8) is 0 Å². The van der Waals surface area contributed by atoms with Gasteiger partial charge >= 0.3 is 0 Å². The summed E-state index contributed by atoms with van der Waals surface area (Å²) in [7, 11) is 4.05. The van der Waals surface area contributed by atoms with Crippen molar-refractivity contribution < 1.29 is 4.79 Å². The highest BCUT2D eigenvalue weighted by molar-refractivity contribution is 7.13. The topological polar surface area (TPSA) is 45.2 Å². The van der Waals surface area contributed by atoms with E-state index in [1.807, 2.05) is 27.9 Å².